The van der Waals surface area contributed by atoms with Gasteiger partial charge in [-0.2, -0.15) is 0 Å². The molecule has 0 aromatic heterocycles. The number of amides is 7. The van der Waals surface area contributed by atoms with Crippen molar-refractivity contribution in [3.05, 3.63) is 322 Å². The second-order valence-electron chi connectivity index (χ2n) is 45.0. The van der Waals surface area contributed by atoms with Gasteiger partial charge in [-0.25, -0.2) is 36.7 Å². The van der Waals surface area contributed by atoms with Crippen LogP contribution in [0.15, 0.2) is 249 Å². The minimum Gasteiger partial charge on any atom is -0.445 e. The lowest BCUT2D eigenvalue weighted by Gasteiger charge is -2.49. The second-order valence-corrected chi connectivity index (χ2v) is 45.0. The van der Waals surface area contributed by atoms with Crippen molar-refractivity contribution in [2.45, 2.75) is 243 Å². The Hall–Kier alpha value is -10.7. The number of benzene rings is 9. The van der Waals surface area contributed by atoms with Gasteiger partial charge >= 0.3 is 24.2 Å². The molecule has 9 aromatic rings. The Labute approximate surface area is 876 Å². The highest BCUT2D eigenvalue weighted by molar-refractivity contribution is 5.77. The average molecular weight is 2020 g/mol. The van der Waals surface area contributed by atoms with Crippen molar-refractivity contribution < 1.29 is 46.2 Å². The maximum absolute atomic E-state index is 13.2. The van der Waals surface area contributed by atoms with Crippen LogP contribution in [-0.2, 0) is 22.5 Å². The summed E-state index contributed by atoms with van der Waals surface area (Å²) in [4.78, 5) is 68.5. The number of halogens is 4. The van der Waals surface area contributed by atoms with E-state index in [1.54, 1.807) is 24.3 Å². The van der Waals surface area contributed by atoms with Crippen LogP contribution in [0, 0.1) is 29.2 Å². The molecule has 8 fully saturated rings. The molecule has 9 N–H and O–H groups in total. The molecule has 0 radical (unpaired) electrons. The van der Waals surface area contributed by atoms with Crippen LogP contribution < -0.4 is 47.9 Å². The molecule has 7 aliphatic heterocycles. The largest absolute Gasteiger partial charge is 0.445 e. The summed E-state index contributed by atoms with van der Waals surface area (Å²) in [5.41, 5.74) is 9.77. The summed E-state index contributed by atoms with van der Waals surface area (Å²) in [5.74, 6) is -0.141. The van der Waals surface area contributed by atoms with E-state index in [0.29, 0.717) is 70.6 Å². The number of aryl methyl sites for hydroxylation is 1. The van der Waals surface area contributed by atoms with Crippen LogP contribution in [0.3, 0.4) is 0 Å². The molecule has 7 atom stereocenters. The molecular formula is C120H171F4N17O6. The van der Waals surface area contributed by atoms with Crippen molar-refractivity contribution in [3.63, 3.8) is 0 Å². The van der Waals surface area contributed by atoms with E-state index in [-0.39, 0.29) is 110 Å². The van der Waals surface area contributed by atoms with Gasteiger partial charge in [0.1, 0.15) is 29.9 Å². The van der Waals surface area contributed by atoms with E-state index in [1.165, 1.54) is 94.8 Å². The number of likely N-dealkylation sites (N-methyl/N-ethyl adjacent to an activating group) is 4. The highest BCUT2D eigenvalue weighted by atomic mass is 19.1. The third kappa shape index (κ3) is 35.0. The lowest BCUT2D eigenvalue weighted by atomic mass is 9.93. The Bertz CT molecular complexity index is 5330. The number of urea groups is 3. The van der Waals surface area contributed by atoms with E-state index in [2.05, 4.69) is 265 Å². The zero-order valence-electron chi connectivity index (χ0n) is 91.1. The predicted octanol–water partition coefficient (Wildman–Crippen LogP) is 20.8. The normalized spacial score (nSPS) is 22.2. The van der Waals surface area contributed by atoms with Crippen LogP contribution in [0.25, 0.3) is 0 Å². The highest BCUT2D eigenvalue weighted by Gasteiger charge is 2.46. The molecular weight excluding hydrogens is 1850 g/mol. The molecule has 1 saturated carbocycles. The van der Waals surface area contributed by atoms with Gasteiger partial charge in [0.15, 0.2) is 0 Å². The standard InChI is InChI=1S/C23H31N3O.C21H26N2O2.C19H28FN3O2.C18H28FN3O.2C13H19FN2.C13H20N2/c1-23(2)18-24-17-21(20-14-7-4-8-15-20)26(23)22(27)25-16-10-9-13-19-11-5-3-6-12-19;1-21(2)16-22(3)19(18-12-8-5-9-13-18)14-23(21)20(24)25-15-17-10-6-4-7-11-17;1-19(2)13-21-11-17(15-5-7-16(20)8-6-15)23(19)18(24)22-9-10-25-12-14-3-4-14;1-4-5-6-11-21-17(23)22-16(12-20-13-18(22,2)3)14-7-9-15(19)10-8-14;2*1-13(2)9-15-8-12(16(13)3)10-4-6-11(14)7-5-10;1-13(2)10-15(3)12(9-14-13)11-7-5-4-6-8-11/h3-8,11-12,14-15,21,24H,9-10,13,16-18H2,1-2H3,(H,25,27);4-13,19H,14-16H2,1-3H3;5-8,14,17,21H,3-4,9-13H2,1-2H3,(H,22,24);7-10,16,20H,4-6,11-13H2,1-3H3,(H,21,23);2*4-7,12,15H,8-9H2,1-3H3;4-8,12,14H,9-10H2,1-3H3. The highest BCUT2D eigenvalue weighted by Crippen LogP contribution is 2.39. The fraction of sp³-hybridized carbons (Fsp3) is 0.517. The summed E-state index contributed by atoms with van der Waals surface area (Å²) in [7, 11) is 8.59. The van der Waals surface area contributed by atoms with Crippen LogP contribution in [0.4, 0.5) is 36.7 Å². The smallest absolute Gasteiger partial charge is 0.410 e. The molecule has 23 nitrogen and oxygen atoms in total. The van der Waals surface area contributed by atoms with Gasteiger partial charge in [-0.15, -0.1) is 0 Å². The van der Waals surface area contributed by atoms with Crippen LogP contribution in [-0.4, -0.2) is 255 Å². The fourth-order valence-electron chi connectivity index (χ4n) is 20.7. The van der Waals surface area contributed by atoms with Gasteiger partial charge < -0.3 is 72.0 Å². The van der Waals surface area contributed by atoms with Gasteiger partial charge in [-0.3, -0.25) is 24.5 Å². The monoisotopic (exact) mass is 2020 g/mol. The zero-order chi connectivity index (χ0) is 106. The number of rotatable bonds is 23. The Balaban J connectivity index is 0.000000165. The summed E-state index contributed by atoms with van der Waals surface area (Å²) in [5, 5.41) is 29.9. The summed E-state index contributed by atoms with van der Waals surface area (Å²) >= 11 is 0. The number of nitrogens with one attached hydrogen (secondary N) is 9. The summed E-state index contributed by atoms with van der Waals surface area (Å²) < 4.78 is 63.4. The molecule has 1 aliphatic carbocycles. The first-order valence-corrected chi connectivity index (χ1v) is 53.2. The molecule has 7 unspecified atom stereocenters. The first-order chi connectivity index (χ1) is 70.1. The second kappa shape index (κ2) is 55.2. The van der Waals surface area contributed by atoms with E-state index in [1.807, 2.05) is 131 Å². The van der Waals surface area contributed by atoms with E-state index in [4.69, 9.17) is 9.47 Å². The van der Waals surface area contributed by atoms with E-state index in [9.17, 15) is 36.7 Å². The van der Waals surface area contributed by atoms with Crippen molar-refractivity contribution in [2.75, 3.05) is 153 Å². The van der Waals surface area contributed by atoms with Gasteiger partial charge in [0.05, 0.1) is 52.9 Å². The number of carbonyl (C=O) groups is 4. The van der Waals surface area contributed by atoms with Crippen LogP contribution in [0.5, 0.6) is 0 Å². The average Bonchev–Trinajstić information content (AvgIpc) is 1.77. The quantitative estimate of drug-likeness (QED) is 0.0215. The van der Waals surface area contributed by atoms with Crippen molar-refractivity contribution in [1.29, 1.82) is 0 Å². The first-order valence-electron chi connectivity index (χ1n) is 53.2. The fourth-order valence-corrected chi connectivity index (χ4v) is 20.7. The van der Waals surface area contributed by atoms with Gasteiger partial charge in [0, 0.05) is 153 Å². The molecule has 7 saturated heterocycles. The molecule has 800 valence electrons. The van der Waals surface area contributed by atoms with Gasteiger partial charge in [0.25, 0.3) is 0 Å². The number of nitrogens with zero attached hydrogens (tertiary/aromatic N) is 8. The number of carbonyl (C=O) groups excluding carboxylic acids is 4. The number of hydrogen-bond acceptors (Lipinski definition) is 16. The third-order valence-electron chi connectivity index (χ3n) is 29.7. The number of ether oxygens (including phenoxy) is 2. The number of unbranched alkanes of at least 4 members (excludes halogenated alkanes) is 3. The van der Waals surface area contributed by atoms with Crippen molar-refractivity contribution in [3.8, 4) is 0 Å². The zero-order valence-corrected chi connectivity index (χ0v) is 91.1. The van der Waals surface area contributed by atoms with Crippen LogP contribution >= 0.6 is 0 Å². The minimum absolute atomic E-state index is 0.0371. The van der Waals surface area contributed by atoms with Crippen LogP contribution in [0.1, 0.15) is 241 Å². The lowest BCUT2D eigenvalue weighted by Crippen LogP contribution is -2.63. The Morgan fingerprint density at radius 2 is 0.667 bits per heavy atom. The van der Waals surface area contributed by atoms with E-state index >= 15 is 0 Å². The predicted molar refractivity (Wildman–Crippen MR) is 587 cm³/mol. The van der Waals surface area contributed by atoms with Gasteiger partial charge in [-0.05, 0) is 268 Å². The third-order valence-corrected chi connectivity index (χ3v) is 29.7. The Morgan fingerprint density at radius 1 is 0.347 bits per heavy atom. The molecule has 8 aliphatic rings. The van der Waals surface area contributed by atoms with E-state index < -0.39 is 0 Å². The van der Waals surface area contributed by atoms with Gasteiger partial charge in [-0.1, -0.05) is 220 Å². The van der Waals surface area contributed by atoms with Crippen molar-refractivity contribution in [1.82, 2.24) is 87.1 Å². The molecule has 7 heterocycles. The minimum atomic E-state index is -0.337. The lowest BCUT2D eigenvalue weighted by molar-refractivity contribution is -0.00993. The molecule has 9 aromatic carbocycles. The SMILES string of the molecule is CC1(C)CNCC(c2ccc(F)cc2)N1C(=O)NCCOCC1CC1.CC1(C)CNCC(c2ccccc2)N1C(=O)NCCCCc1ccccc1.CCCCCNC(=O)N1C(c2ccc(F)cc2)CNCC1(C)C.CN1C(c2ccc(F)cc2)CNCC1(C)C.CN1C(c2ccc(F)cc2)CNCC1(C)C.CN1CC(C)(C)N(C(=O)OCc2ccccc2)CC1c1ccccc1.CN1CC(C)(C)NCC1c1ccccc1. The van der Waals surface area contributed by atoms with Crippen molar-refractivity contribution in [2.24, 2.45) is 5.92 Å². The Morgan fingerprint density at radius 3 is 1.04 bits per heavy atom. The maximum Gasteiger partial charge on any atom is 0.410 e. The molecule has 0 bridgehead atoms. The van der Waals surface area contributed by atoms with E-state index in [0.717, 1.165) is 140 Å². The summed E-state index contributed by atoms with van der Waals surface area (Å²) in [6.07, 6.45) is 8.66. The van der Waals surface area contributed by atoms with Gasteiger partial charge in [0.2, 0.25) is 0 Å². The maximum atomic E-state index is 13.2. The molecule has 0 spiro atoms. The molecule has 147 heavy (non-hydrogen) atoms. The Kier molecular flexibility index (Phi) is 43.8. The summed E-state index contributed by atoms with van der Waals surface area (Å²) in [6.45, 7) is 47.5. The molecule has 17 rings (SSSR count). The number of piperazine rings is 7. The first kappa shape index (κ1) is 117. The topological polar surface area (TPSA) is 221 Å². The number of hydrogen-bond donors (Lipinski definition) is 9. The van der Waals surface area contributed by atoms with Crippen molar-refractivity contribution >= 4 is 24.2 Å². The molecule has 7 amide bonds. The molecule has 27 heteroatoms. The summed E-state index contributed by atoms with van der Waals surface area (Å²) in [6, 6.07) is 79.2. The van der Waals surface area contributed by atoms with Crippen LogP contribution in [0.2, 0.25) is 0 Å².